The summed E-state index contributed by atoms with van der Waals surface area (Å²) >= 11 is 1.76. The van der Waals surface area contributed by atoms with E-state index >= 15 is 0 Å². The first-order chi connectivity index (χ1) is 5.50. The number of rotatable bonds is 0. The molecule has 0 bridgehead atoms. The highest BCUT2D eigenvalue weighted by molar-refractivity contribution is 6.40. The third-order valence-corrected chi connectivity index (χ3v) is 4.41. The molecule has 1 amide bonds. The molecule has 2 fully saturated rings. The van der Waals surface area contributed by atoms with Gasteiger partial charge in [-0.15, -0.1) is 0 Å². The van der Waals surface area contributed by atoms with E-state index in [1.807, 2.05) is 0 Å². The van der Waals surface area contributed by atoms with Crippen molar-refractivity contribution in [3.05, 3.63) is 0 Å². The Bertz CT molecular complexity index is 233. The monoisotopic (exact) mass is 199 g/mol. The third kappa shape index (κ3) is 1.19. The maximum atomic E-state index is 11.3. The SMILES string of the molecule is O=C1O[C]([AlH2])([AlH2])C2C[C@@H](O)CN12. The van der Waals surface area contributed by atoms with E-state index in [9.17, 15) is 9.90 Å². The minimum Gasteiger partial charge on any atom is -0.473 e. The average Bonchev–Trinajstić information content (AvgIpc) is 2.37. The topological polar surface area (TPSA) is 49.8 Å². The van der Waals surface area contributed by atoms with E-state index < -0.39 is 0 Å². The van der Waals surface area contributed by atoms with Crippen LogP contribution in [0.25, 0.3) is 0 Å². The zero-order valence-electron chi connectivity index (χ0n) is 7.28. The molecule has 0 aromatic rings. The van der Waals surface area contributed by atoms with Crippen LogP contribution in [0.3, 0.4) is 0 Å². The van der Waals surface area contributed by atoms with Crippen molar-refractivity contribution in [2.75, 3.05) is 6.54 Å². The molecule has 0 radical (unpaired) electrons. The molecule has 4 nitrogen and oxygen atoms in total. The van der Waals surface area contributed by atoms with E-state index in [-0.39, 0.29) is 21.6 Å². The fourth-order valence-corrected chi connectivity index (χ4v) is 3.47. The maximum Gasteiger partial charge on any atom is 0.408 e. The van der Waals surface area contributed by atoms with Gasteiger partial charge in [0.1, 0.15) is 0 Å². The van der Waals surface area contributed by atoms with Crippen LogP contribution in [-0.4, -0.2) is 70.7 Å². The smallest absolute Gasteiger partial charge is 0.408 e. The van der Waals surface area contributed by atoms with Crippen LogP contribution in [-0.2, 0) is 4.74 Å². The molecular weight excluding hydrogens is 188 g/mol. The van der Waals surface area contributed by atoms with Gasteiger partial charge in [0, 0.05) is 9.37 Å². The molecule has 2 atom stereocenters. The van der Waals surface area contributed by atoms with Gasteiger partial charge in [0.25, 0.3) is 32.6 Å². The molecule has 0 aromatic carbocycles. The zero-order valence-corrected chi connectivity index (χ0v) is 11.3. The van der Waals surface area contributed by atoms with Gasteiger partial charge in [0.2, 0.25) is 0 Å². The summed E-state index contributed by atoms with van der Waals surface area (Å²) < 4.78 is 5.11. The van der Waals surface area contributed by atoms with Crippen LogP contribution in [0.1, 0.15) is 6.42 Å². The highest BCUT2D eigenvalue weighted by atomic mass is 27.1. The lowest BCUT2D eigenvalue weighted by molar-refractivity contribution is 0.120. The van der Waals surface area contributed by atoms with Gasteiger partial charge in [-0.3, -0.25) is 0 Å². The summed E-state index contributed by atoms with van der Waals surface area (Å²) in [6.07, 6.45) is 0.158. The normalized spacial score (nSPS) is 38.1. The summed E-state index contributed by atoms with van der Waals surface area (Å²) in [6, 6.07) is 0.179. The molecule has 0 saturated carbocycles. The lowest BCUT2D eigenvalue weighted by Crippen LogP contribution is -2.43. The molecule has 2 heterocycles. The van der Waals surface area contributed by atoms with Crippen molar-refractivity contribution in [2.24, 2.45) is 0 Å². The maximum absolute atomic E-state index is 11.3. The molecule has 0 aromatic heterocycles. The first-order valence-electron chi connectivity index (χ1n) is 4.18. The molecule has 1 unspecified atom stereocenters. The Kier molecular flexibility index (Phi) is 1.95. The van der Waals surface area contributed by atoms with Crippen LogP contribution in [0, 0.1) is 0 Å². The second kappa shape index (κ2) is 2.64. The van der Waals surface area contributed by atoms with Gasteiger partial charge in [-0.1, -0.05) is 0 Å². The molecule has 0 aliphatic carbocycles. The number of hydrogen-bond donors (Lipinski definition) is 1. The number of hydrogen-bond acceptors (Lipinski definition) is 3. The number of fused-ring (bicyclic) bond motifs is 1. The molecule has 6 heteroatoms. The number of cyclic esters (lactones) is 1. The molecule has 0 spiro atoms. The number of ether oxygens (including phenoxy) is 1. The van der Waals surface area contributed by atoms with Crippen LogP contribution in [0.4, 0.5) is 4.79 Å². The predicted molar refractivity (Wildman–Crippen MR) is 47.4 cm³/mol. The van der Waals surface area contributed by atoms with Gasteiger partial charge in [-0.25, -0.2) is 4.79 Å². The lowest BCUT2D eigenvalue weighted by atomic mass is 10.2. The van der Waals surface area contributed by atoms with E-state index in [0.717, 1.165) is 32.6 Å². The number of carbonyl (C=O) groups is 1. The van der Waals surface area contributed by atoms with E-state index in [1.165, 1.54) is 0 Å². The predicted octanol–water partition coefficient (Wildman–Crippen LogP) is -2.51. The van der Waals surface area contributed by atoms with Crippen LogP contribution in [0.15, 0.2) is 0 Å². The highest BCUT2D eigenvalue weighted by Crippen LogP contribution is 2.33. The summed E-state index contributed by atoms with van der Waals surface area (Å²) in [5.41, 5.74) is 0. The van der Waals surface area contributed by atoms with Gasteiger partial charge in [0.15, 0.2) is 0 Å². The summed E-state index contributed by atoms with van der Waals surface area (Å²) in [5, 5.41) is 9.37. The molecule has 2 aliphatic heterocycles. The van der Waals surface area contributed by atoms with Crippen molar-refractivity contribution in [2.45, 2.75) is 21.9 Å². The molecular formula is C6H11Al2NO3. The molecule has 12 heavy (non-hydrogen) atoms. The van der Waals surface area contributed by atoms with Crippen molar-refractivity contribution in [3.63, 3.8) is 0 Å². The van der Waals surface area contributed by atoms with Crippen molar-refractivity contribution < 1.29 is 14.6 Å². The number of amides is 1. The fraction of sp³-hybridized carbons (Fsp3) is 0.833. The van der Waals surface area contributed by atoms with Gasteiger partial charge in [0.05, 0.1) is 12.6 Å². The minimum absolute atomic E-state index is 0.158. The standard InChI is InChI=1S/C6H7NO3.2Al.4H/c8-5-1-4-3-10-6(9)7(4)2-5;;;;;;/h4-5,8H,1-2H2;;;;;;/t4?,5-;;;;;;/m1....../s1. The van der Waals surface area contributed by atoms with E-state index in [0.29, 0.717) is 13.0 Å². The van der Waals surface area contributed by atoms with E-state index in [1.54, 1.807) is 4.90 Å². The first-order valence-corrected chi connectivity index (χ1v) is 6.18. The third-order valence-electron chi connectivity index (χ3n) is 2.67. The Hall–Kier alpha value is 0.295. The number of aliphatic hydroxyl groups excluding tert-OH is 1. The molecule has 64 valence electrons. The van der Waals surface area contributed by atoms with Crippen molar-refractivity contribution in [3.8, 4) is 0 Å². The Labute approximate surface area is 86.7 Å². The summed E-state index contributed by atoms with van der Waals surface area (Å²) in [5.74, 6) is 0. The largest absolute Gasteiger partial charge is 0.473 e. The number of carbonyl (C=O) groups excluding carboxylic acids is 1. The van der Waals surface area contributed by atoms with Crippen LogP contribution < -0.4 is 0 Å². The van der Waals surface area contributed by atoms with Gasteiger partial charge >= 0.3 is 6.09 Å². The van der Waals surface area contributed by atoms with Crippen molar-refractivity contribution in [1.29, 1.82) is 0 Å². The fourth-order valence-electron chi connectivity index (χ4n) is 2.03. The summed E-state index contributed by atoms with van der Waals surface area (Å²) in [4.78, 5) is 12.9. The second-order valence-corrected chi connectivity index (χ2v) is 10.0. The summed E-state index contributed by atoms with van der Waals surface area (Å²) in [7, 11) is 0. The van der Waals surface area contributed by atoms with Gasteiger partial charge in [-0.05, 0) is 6.42 Å². The Morgan fingerprint density at radius 1 is 1.67 bits per heavy atom. The van der Waals surface area contributed by atoms with Crippen LogP contribution >= 0.6 is 0 Å². The molecule has 1 N–H and O–H groups in total. The van der Waals surface area contributed by atoms with Crippen LogP contribution in [0.2, 0.25) is 0 Å². The summed E-state index contributed by atoms with van der Waals surface area (Å²) in [6.45, 7) is 0.468. The molecule has 2 aliphatic rings. The van der Waals surface area contributed by atoms with Gasteiger partial charge in [-0.2, -0.15) is 0 Å². The van der Waals surface area contributed by atoms with Crippen molar-refractivity contribution in [1.82, 2.24) is 4.90 Å². The molecule has 2 rings (SSSR count). The average molecular weight is 199 g/mol. The second-order valence-electron chi connectivity index (χ2n) is 4.03. The zero-order chi connectivity index (χ0) is 8.93. The highest BCUT2D eigenvalue weighted by Gasteiger charge is 2.51. The Morgan fingerprint density at radius 2 is 2.33 bits per heavy atom. The van der Waals surface area contributed by atoms with Crippen molar-refractivity contribution >= 4 is 38.7 Å². The minimum atomic E-state index is -0.329. The first kappa shape index (κ1) is 8.87. The number of aliphatic hydroxyl groups is 1. The Morgan fingerprint density at radius 3 is 2.92 bits per heavy atom. The molecule has 2 saturated heterocycles. The Balaban J connectivity index is 2.25. The lowest BCUT2D eigenvalue weighted by Gasteiger charge is -2.23. The quantitative estimate of drug-likeness (QED) is 0.438. The number of nitrogens with zero attached hydrogens (tertiary/aromatic N) is 1. The van der Waals surface area contributed by atoms with Crippen LogP contribution in [0.5, 0.6) is 0 Å². The van der Waals surface area contributed by atoms with E-state index in [4.69, 9.17) is 4.74 Å². The van der Waals surface area contributed by atoms with E-state index in [2.05, 4.69) is 0 Å². The van der Waals surface area contributed by atoms with Gasteiger partial charge < -0.3 is 14.7 Å².